The lowest BCUT2D eigenvalue weighted by Crippen LogP contribution is -2.46. The van der Waals surface area contributed by atoms with Crippen LogP contribution in [0.15, 0.2) is 0 Å². The first-order chi connectivity index (χ1) is 11.8. The van der Waals surface area contributed by atoms with Gasteiger partial charge >= 0.3 is 19.5 Å². The molecule has 1 N–H and O–H groups in total. The fourth-order valence-corrected chi connectivity index (χ4v) is 5.08. The SMILES string of the molecule is CCOC(=O)[C@]1(CC(C(=O)O)P(=O)(OCC)OCC)CCCCC1=O. The molecule has 8 nitrogen and oxygen atoms in total. The number of rotatable bonds is 10. The van der Waals surface area contributed by atoms with Crippen LogP contribution in [0.5, 0.6) is 0 Å². The summed E-state index contributed by atoms with van der Waals surface area (Å²) >= 11 is 0. The van der Waals surface area contributed by atoms with Crippen molar-refractivity contribution >= 4 is 25.3 Å². The van der Waals surface area contributed by atoms with E-state index in [1.165, 1.54) is 0 Å². The van der Waals surface area contributed by atoms with Gasteiger partial charge in [0.15, 0.2) is 5.66 Å². The number of Topliss-reactive ketones (excluding diaryl/α,β-unsaturated/α-hetero) is 1. The van der Waals surface area contributed by atoms with Crippen molar-refractivity contribution in [2.45, 2.75) is 58.5 Å². The van der Waals surface area contributed by atoms with E-state index in [4.69, 9.17) is 13.8 Å². The Balaban J connectivity index is 3.29. The molecule has 0 radical (unpaired) electrons. The number of aliphatic carboxylic acids is 1. The molecule has 0 spiro atoms. The Hall–Kier alpha value is -1.24. The standard InChI is InChI=1S/C16H27O8P/c1-4-22-15(20)16(10-8-7-9-13(16)17)11-12(14(18)19)25(21,23-5-2)24-6-3/h12H,4-11H2,1-3H3,(H,18,19)/t12?,16-/m0/s1. The Morgan fingerprint density at radius 3 is 2.20 bits per heavy atom. The summed E-state index contributed by atoms with van der Waals surface area (Å²) in [5.41, 5.74) is -3.22. The first-order valence-corrected chi connectivity index (χ1v) is 10.2. The van der Waals surface area contributed by atoms with Crippen molar-refractivity contribution < 1.29 is 37.8 Å². The van der Waals surface area contributed by atoms with Crippen molar-refractivity contribution in [3.05, 3.63) is 0 Å². The van der Waals surface area contributed by atoms with Crippen LogP contribution in [0.3, 0.4) is 0 Å². The van der Waals surface area contributed by atoms with Gasteiger partial charge < -0.3 is 18.9 Å². The number of hydrogen-bond donors (Lipinski definition) is 1. The number of carboxylic acid groups (broad SMARTS) is 1. The molecule has 2 atom stereocenters. The molecule has 0 aromatic carbocycles. The average Bonchev–Trinajstić information content (AvgIpc) is 2.54. The van der Waals surface area contributed by atoms with E-state index in [1.54, 1.807) is 20.8 Å². The van der Waals surface area contributed by atoms with E-state index in [0.717, 1.165) is 0 Å². The number of carbonyl (C=O) groups excluding carboxylic acids is 2. The second-order valence-corrected chi connectivity index (χ2v) is 8.09. The molecule has 1 fully saturated rings. The molecule has 1 saturated carbocycles. The van der Waals surface area contributed by atoms with Gasteiger partial charge in [-0.2, -0.15) is 0 Å². The molecule has 9 heteroatoms. The summed E-state index contributed by atoms with van der Waals surface area (Å²) in [6, 6.07) is 0. The van der Waals surface area contributed by atoms with Gasteiger partial charge in [-0.15, -0.1) is 0 Å². The van der Waals surface area contributed by atoms with E-state index in [1.807, 2.05) is 0 Å². The minimum Gasteiger partial charge on any atom is -0.481 e. The molecule has 1 aliphatic rings. The van der Waals surface area contributed by atoms with E-state index >= 15 is 0 Å². The van der Waals surface area contributed by atoms with Crippen molar-refractivity contribution in [2.75, 3.05) is 19.8 Å². The third-order valence-electron chi connectivity index (χ3n) is 4.28. The number of carboxylic acids is 1. The number of ketones is 1. The minimum atomic E-state index is -4.04. The molecule has 0 aromatic rings. The zero-order valence-corrected chi connectivity index (χ0v) is 15.9. The molecule has 1 unspecified atom stereocenters. The second-order valence-electron chi connectivity index (χ2n) is 5.87. The van der Waals surface area contributed by atoms with Gasteiger partial charge in [-0.05, 0) is 40.0 Å². The van der Waals surface area contributed by atoms with E-state index in [9.17, 15) is 24.1 Å². The van der Waals surface area contributed by atoms with Crippen molar-refractivity contribution in [1.82, 2.24) is 0 Å². The van der Waals surface area contributed by atoms with Crippen LogP contribution in [0.2, 0.25) is 0 Å². The fourth-order valence-electron chi connectivity index (χ4n) is 3.12. The molecule has 0 aromatic heterocycles. The molecule has 0 aliphatic heterocycles. The summed E-state index contributed by atoms with van der Waals surface area (Å²) in [7, 11) is -4.04. The predicted octanol–water partition coefficient (Wildman–Crippen LogP) is 2.79. The van der Waals surface area contributed by atoms with Gasteiger partial charge in [0, 0.05) is 6.42 Å². The summed E-state index contributed by atoms with van der Waals surface area (Å²) in [5.74, 6) is -2.55. The number of esters is 1. The third kappa shape index (κ3) is 4.90. The molecule has 0 heterocycles. The molecular formula is C16H27O8P. The van der Waals surface area contributed by atoms with Crippen LogP contribution in [0.25, 0.3) is 0 Å². The van der Waals surface area contributed by atoms with Gasteiger partial charge in [0.25, 0.3) is 0 Å². The maximum absolute atomic E-state index is 13.0. The summed E-state index contributed by atoms with van der Waals surface area (Å²) in [6.45, 7) is 4.79. The highest BCUT2D eigenvalue weighted by Crippen LogP contribution is 2.57. The van der Waals surface area contributed by atoms with Crippen molar-refractivity contribution in [2.24, 2.45) is 5.41 Å². The summed E-state index contributed by atoms with van der Waals surface area (Å²) in [5, 5.41) is 9.61. The van der Waals surface area contributed by atoms with Crippen LogP contribution < -0.4 is 0 Å². The Bertz CT molecular complexity index is 536. The van der Waals surface area contributed by atoms with Gasteiger partial charge in [-0.3, -0.25) is 18.9 Å². The lowest BCUT2D eigenvalue weighted by molar-refractivity contribution is -0.163. The summed E-state index contributed by atoms with van der Waals surface area (Å²) in [6.07, 6.45) is 1.11. The van der Waals surface area contributed by atoms with E-state index in [-0.39, 0.29) is 38.4 Å². The Kier molecular flexibility index (Phi) is 8.25. The van der Waals surface area contributed by atoms with Crippen molar-refractivity contribution in [3.8, 4) is 0 Å². The fraction of sp³-hybridized carbons (Fsp3) is 0.812. The van der Waals surface area contributed by atoms with Crippen molar-refractivity contribution in [1.29, 1.82) is 0 Å². The van der Waals surface area contributed by atoms with E-state index in [2.05, 4.69) is 0 Å². The predicted molar refractivity (Wildman–Crippen MR) is 89.4 cm³/mol. The molecule has 0 amide bonds. The largest absolute Gasteiger partial charge is 0.481 e. The highest BCUT2D eigenvalue weighted by atomic mass is 31.2. The smallest absolute Gasteiger partial charge is 0.344 e. The summed E-state index contributed by atoms with van der Waals surface area (Å²) in [4.78, 5) is 36.9. The average molecular weight is 378 g/mol. The number of hydrogen-bond acceptors (Lipinski definition) is 7. The molecule has 0 saturated heterocycles. The van der Waals surface area contributed by atoms with Crippen LogP contribution in [-0.4, -0.2) is 48.3 Å². The van der Waals surface area contributed by atoms with Crippen LogP contribution in [0, 0.1) is 5.41 Å². The third-order valence-corrected chi connectivity index (χ3v) is 6.69. The zero-order valence-electron chi connectivity index (χ0n) is 15.0. The number of carbonyl (C=O) groups is 3. The second kappa shape index (κ2) is 9.46. The van der Waals surface area contributed by atoms with Gasteiger partial charge in [0.05, 0.1) is 19.8 Å². The lowest BCUT2D eigenvalue weighted by atomic mass is 9.70. The van der Waals surface area contributed by atoms with Gasteiger partial charge in [0.2, 0.25) is 0 Å². The normalized spacial score (nSPS) is 22.4. The molecule has 1 rings (SSSR count). The summed E-state index contributed by atoms with van der Waals surface area (Å²) < 4.78 is 28.3. The Labute approximate surface area is 147 Å². The first kappa shape index (κ1) is 21.8. The maximum atomic E-state index is 13.0. The van der Waals surface area contributed by atoms with Crippen molar-refractivity contribution in [3.63, 3.8) is 0 Å². The first-order valence-electron chi connectivity index (χ1n) is 8.59. The van der Waals surface area contributed by atoms with Crippen LogP contribution in [-0.2, 0) is 32.7 Å². The maximum Gasteiger partial charge on any atom is 0.344 e. The van der Waals surface area contributed by atoms with Gasteiger partial charge in [0.1, 0.15) is 11.2 Å². The molecule has 1 aliphatic carbocycles. The Morgan fingerprint density at radius 2 is 1.76 bits per heavy atom. The zero-order chi connectivity index (χ0) is 19.1. The Morgan fingerprint density at radius 1 is 1.16 bits per heavy atom. The lowest BCUT2D eigenvalue weighted by Gasteiger charge is -2.36. The molecule has 144 valence electrons. The highest BCUT2D eigenvalue weighted by molar-refractivity contribution is 7.55. The minimum absolute atomic E-state index is 0.0125. The van der Waals surface area contributed by atoms with Crippen LogP contribution in [0.4, 0.5) is 0 Å². The van der Waals surface area contributed by atoms with Gasteiger partial charge in [-0.1, -0.05) is 6.42 Å². The van der Waals surface area contributed by atoms with E-state index in [0.29, 0.717) is 12.8 Å². The topological polar surface area (TPSA) is 116 Å². The quantitative estimate of drug-likeness (QED) is 0.350. The molecule has 0 bridgehead atoms. The van der Waals surface area contributed by atoms with Gasteiger partial charge in [-0.25, -0.2) is 0 Å². The highest BCUT2D eigenvalue weighted by Gasteiger charge is 2.55. The van der Waals surface area contributed by atoms with E-state index < -0.39 is 37.0 Å². The van der Waals surface area contributed by atoms with Crippen LogP contribution >= 0.6 is 7.60 Å². The number of ether oxygens (including phenoxy) is 1. The molecule has 25 heavy (non-hydrogen) atoms. The monoisotopic (exact) mass is 378 g/mol. The van der Waals surface area contributed by atoms with Crippen LogP contribution in [0.1, 0.15) is 52.9 Å². The molecular weight excluding hydrogens is 351 g/mol.